The average Bonchev–Trinajstić information content (AvgIpc) is 2.45. The second-order valence-corrected chi connectivity index (χ2v) is 9.59. The van der Waals surface area contributed by atoms with E-state index in [2.05, 4.69) is 4.72 Å². The molecule has 23 heavy (non-hydrogen) atoms. The van der Waals surface area contributed by atoms with E-state index in [4.69, 9.17) is 0 Å². The topological polar surface area (TPSA) is 46.2 Å². The van der Waals surface area contributed by atoms with E-state index >= 15 is 0 Å². The first kappa shape index (κ1) is 15.6. The molecular formula is C18H24FNO2S. The second-order valence-electron chi connectivity index (χ2n) is 7.87. The van der Waals surface area contributed by atoms with Gasteiger partial charge in [0.15, 0.2) is 0 Å². The van der Waals surface area contributed by atoms with Crippen molar-refractivity contribution in [1.82, 2.24) is 4.72 Å². The fraction of sp³-hybridized carbons (Fsp3) is 0.667. The third kappa shape index (κ3) is 2.82. The molecule has 1 aromatic carbocycles. The van der Waals surface area contributed by atoms with Crippen molar-refractivity contribution in [3.63, 3.8) is 0 Å². The van der Waals surface area contributed by atoms with Crippen LogP contribution in [0.3, 0.4) is 0 Å². The summed E-state index contributed by atoms with van der Waals surface area (Å²) in [5, 5.41) is 0. The molecule has 0 saturated heterocycles. The standard InChI is InChI=1S/C18H24FNO2S/c1-11(20-23(21,22)17-4-2-16(19)3-5-17)18-14-7-12-6-13(9-14)10-15(18)8-12/h2-5,11-15,18,20H,6-10H2,1H3/t11-,12?,13?,14?,15?,18?/m1/s1. The SMILES string of the molecule is C[C@@H](NS(=O)(=O)c1ccc(F)cc1)C1C2CC3CC(C2)CC1C3. The van der Waals surface area contributed by atoms with Gasteiger partial charge in [-0.15, -0.1) is 0 Å². The highest BCUT2D eigenvalue weighted by Crippen LogP contribution is 2.57. The molecular weight excluding hydrogens is 313 g/mol. The Bertz CT molecular complexity index is 657. The van der Waals surface area contributed by atoms with Crippen molar-refractivity contribution in [3.05, 3.63) is 30.1 Å². The van der Waals surface area contributed by atoms with Crippen LogP contribution < -0.4 is 4.72 Å². The van der Waals surface area contributed by atoms with Crippen LogP contribution in [0.1, 0.15) is 39.0 Å². The Morgan fingerprint density at radius 1 is 1.00 bits per heavy atom. The Morgan fingerprint density at radius 3 is 2.04 bits per heavy atom. The molecule has 0 amide bonds. The van der Waals surface area contributed by atoms with Crippen LogP contribution in [0.5, 0.6) is 0 Å². The minimum absolute atomic E-state index is 0.0555. The number of hydrogen-bond donors (Lipinski definition) is 1. The number of rotatable bonds is 4. The van der Waals surface area contributed by atoms with E-state index in [0.29, 0.717) is 17.8 Å². The van der Waals surface area contributed by atoms with Gasteiger partial charge in [0.05, 0.1) is 4.90 Å². The lowest BCUT2D eigenvalue weighted by Gasteiger charge is -2.56. The number of hydrogen-bond acceptors (Lipinski definition) is 2. The Balaban J connectivity index is 1.51. The number of nitrogens with one attached hydrogen (secondary N) is 1. The highest BCUT2D eigenvalue weighted by atomic mass is 32.2. The Hall–Kier alpha value is -0.940. The van der Waals surface area contributed by atoms with Crippen molar-refractivity contribution >= 4 is 10.0 Å². The lowest BCUT2D eigenvalue weighted by Crippen LogP contribution is -2.52. The molecule has 5 rings (SSSR count). The van der Waals surface area contributed by atoms with Gasteiger partial charge < -0.3 is 0 Å². The van der Waals surface area contributed by atoms with Gasteiger partial charge in [0.1, 0.15) is 5.82 Å². The van der Waals surface area contributed by atoms with Gasteiger partial charge in [-0.3, -0.25) is 0 Å². The molecule has 5 heteroatoms. The molecule has 0 aromatic heterocycles. The fourth-order valence-electron chi connectivity index (χ4n) is 5.79. The Morgan fingerprint density at radius 2 is 1.52 bits per heavy atom. The zero-order chi connectivity index (χ0) is 16.2. The van der Waals surface area contributed by atoms with Crippen LogP contribution in [0, 0.1) is 35.4 Å². The first-order valence-corrected chi connectivity index (χ1v) is 10.2. The van der Waals surface area contributed by atoms with Crippen LogP contribution in [0.25, 0.3) is 0 Å². The molecule has 0 aliphatic heterocycles. The van der Waals surface area contributed by atoms with Gasteiger partial charge in [-0.2, -0.15) is 0 Å². The molecule has 3 nitrogen and oxygen atoms in total. The van der Waals surface area contributed by atoms with Crippen LogP contribution in [-0.4, -0.2) is 14.5 Å². The van der Waals surface area contributed by atoms with Crippen molar-refractivity contribution in [3.8, 4) is 0 Å². The number of sulfonamides is 1. The molecule has 4 saturated carbocycles. The molecule has 1 atom stereocenters. The van der Waals surface area contributed by atoms with Gasteiger partial charge >= 0.3 is 0 Å². The average molecular weight is 337 g/mol. The highest BCUT2D eigenvalue weighted by Gasteiger charge is 2.50. The summed E-state index contributed by atoms with van der Waals surface area (Å²) in [5.41, 5.74) is 0. The van der Waals surface area contributed by atoms with Crippen LogP contribution in [0.4, 0.5) is 4.39 Å². The maximum absolute atomic E-state index is 13.0. The molecule has 126 valence electrons. The number of halogens is 1. The van der Waals surface area contributed by atoms with Crippen molar-refractivity contribution in [2.24, 2.45) is 29.6 Å². The Kier molecular flexibility index (Phi) is 3.76. The monoisotopic (exact) mass is 337 g/mol. The van der Waals surface area contributed by atoms with E-state index in [1.807, 2.05) is 6.92 Å². The minimum atomic E-state index is -3.58. The van der Waals surface area contributed by atoms with Crippen molar-refractivity contribution in [2.45, 2.75) is 50.0 Å². The van der Waals surface area contributed by atoms with E-state index in [1.165, 1.54) is 56.4 Å². The molecule has 4 aliphatic carbocycles. The normalized spacial score (nSPS) is 37.0. The van der Waals surface area contributed by atoms with Crippen LogP contribution >= 0.6 is 0 Å². The molecule has 0 radical (unpaired) electrons. The van der Waals surface area contributed by atoms with Crippen molar-refractivity contribution in [1.29, 1.82) is 0 Å². The summed E-state index contributed by atoms with van der Waals surface area (Å²) in [6, 6.07) is 5.01. The van der Waals surface area contributed by atoms with Gasteiger partial charge in [-0.1, -0.05) is 0 Å². The van der Waals surface area contributed by atoms with E-state index in [9.17, 15) is 12.8 Å². The zero-order valence-corrected chi connectivity index (χ0v) is 14.2. The van der Waals surface area contributed by atoms with Crippen LogP contribution in [0.15, 0.2) is 29.2 Å². The fourth-order valence-corrected chi connectivity index (χ4v) is 7.07. The molecule has 4 aliphatic rings. The van der Waals surface area contributed by atoms with Gasteiger partial charge in [0.2, 0.25) is 10.0 Å². The summed E-state index contributed by atoms with van der Waals surface area (Å²) in [6.07, 6.45) is 6.51. The molecule has 1 N–H and O–H groups in total. The molecule has 0 spiro atoms. The molecule has 4 bridgehead atoms. The first-order chi connectivity index (χ1) is 10.9. The van der Waals surface area contributed by atoms with E-state index in [-0.39, 0.29) is 10.9 Å². The van der Waals surface area contributed by atoms with Crippen LogP contribution in [0.2, 0.25) is 0 Å². The quantitative estimate of drug-likeness (QED) is 0.913. The molecule has 0 unspecified atom stereocenters. The minimum Gasteiger partial charge on any atom is -0.208 e. The smallest absolute Gasteiger partial charge is 0.208 e. The van der Waals surface area contributed by atoms with Crippen molar-refractivity contribution in [2.75, 3.05) is 0 Å². The lowest BCUT2D eigenvalue weighted by atomic mass is 9.51. The molecule has 4 fully saturated rings. The summed E-state index contributed by atoms with van der Waals surface area (Å²) in [7, 11) is -3.58. The van der Waals surface area contributed by atoms with Gasteiger partial charge in [0.25, 0.3) is 0 Å². The Labute approximate surface area is 137 Å². The third-order valence-corrected chi connectivity index (χ3v) is 7.92. The van der Waals surface area contributed by atoms with E-state index in [0.717, 1.165) is 11.8 Å². The van der Waals surface area contributed by atoms with Gasteiger partial charge in [-0.25, -0.2) is 17.5 Å². The van der Waals surface area contributed by atoms with E-state index < -0.39 is 15.8 Å². The maximum Gasteiger partial charge on any atom is 0.240 e. The van der Waals surface area contributed by atoms with Gasteiger partial charge in [-0.05, 0) is 92.9 Å². The van der Waals surface area contributed by atoms with Crippen LogP contribution in [-0.2, 0) is 10.0 Å². The van der Waals surface area contributed by atoms with E-state index in [1.54, 1.807) is 0 Å². The summed E-state index contributed by atoms with van der Waals surface area (Å²) >= 11 is 0. The molecule has 1 aromatic rings. The lowest BCUT2D eigenvalue weighted by molar-refractivity contribution is -0.0463. The zero-order valence-electron chi connectivity index (χ0n) is 13.4. The number of benzene rings is 1. The summed E-state index contributed by atoms with van der Waals surface area (Å²) in [6.45, 7) is 2.01. The first-order valence-electron chi connectivity index (χ1n) is 8.70. The predicted octanol–water partition coefficient (Wildman–Crippen LogP) is 3.56. The molecule has 0 heterocycles. The predicted molar refractivity (Wildman–Crippen MR) is 86.7 cm³/mol. The van der Waals surface area contributed by atoms with Crippen molar-refractivity contribution < 1.29 is 12.8 Å². The largest absolute Gasteiger partial charge is 0.240 e. The highest BCUT2D eigenvalue weighted by molar-refractivity contribution is 7.89. The maximum atomic E-state index is 13.0. The summed E-state index contributed by atoms with van der Waals surface area (Å²) in [4.78, 5) is 0.148. The van der Waals surface area contributed by atoms with Gasteiger partial charge in [0, 0.05) is 6.04 Å². The summed E-state index contributed by atoms with van der Waals surface area (Å²) in [5.74, 6) is 3.16. The second kappa shape index (κ2) is 5.55. The third-order valence-electron chi connectivity index (χ3n) is 6.34. The summed E-state index contributed by atoms with van der Waals surface area (Å²) < 4.78 is 41.0.